The Morgan fingerprint density at radius 2 is 1.25 bits per heavy atom. The van der Waals surface area contributed by atoms with Crippen molar-refractivity contribution < 1.29 is 18.4 Å². The van der Waals surface area contributed by atoms with Crippen molar-refractivity contribution in [1.29, 1.82) is 0 Å². The van der Waals surface area contributed by atoms with Gasteiger partial charge >= 0.3 is 12.1 Å². The van der Waals surface area contributed by atoms with Crippen LogP contribution in [0.2, 0.25) is 0 Å². The Morgan fingerprint density at radius 3 is 1.38 bits per heavy atom. The molecule has 0 rings (SSSR count). The van der Waals surface area contributed by atoms with Gasteiger partial charge in [0.2, 0.25) is 0 Å². The van der Waals surface area contributed by atoms with Crippen molar-refractivity contribution >= 4 is 12.1 Å². The van der Waals surface area contributed by atoms with Gasteiger partial charge in [0.1, 0.15) is 0 Å². The van der Waals surface area contributed by atoms with E-state index in [9.17, 15) is 18.4 Å². The number of carbonyl (C=O) groups excluding carboxylic acids is 2. The highest BCUT2D eigenvalue weighted by molar-refractivity contribution is 5.90. The molecule has 0 atom stereocenters. The topological polar surface area (TPSA) is 34.1 Å². The average Bonchev–Trinajstić information content (AvgIpc) is 1.61. The lowest BCUT2D eigenvalue weighted by Gasteiger charge is -1.68. The maximum absolute atomic E-state index is 11.0. The molecule has 0 aromatic heterocycles. The number of halogens is 2. The number of allylic oxidation sites excluding steroid dienone is 2. The Morgan fingerprint density at radius 1 is 1.00 bits per heavy atom. The maximum Gasteiger partial charge on any atom is 0.325 e. The molecule has 4 heteroatoms. The van der Waals surface area contributed by atoms with Crippen molar-refractivity contribution in [3.05, 3.63) is 12.2 Å². The molecule has 0 amide bonds. The van der Waals surface area contributed by atoms with Gasteiger partial charge in [0, 0.05) is 12.2 Å². The third-order valence-electron chi connectivity index (χ3n) is 0.345. The molecule has 0 spiro atoms. The molecule has 44 valence electrons. The van der Waals surface area contributed by atoms with Crippen LogP contribution in [0.4, 0.5) is 8.78 Å². The van der Waals surface area contributed by atoms with Crippen LogP contribution in [-0.2, 0) is 9.59 Å². The predicted molar refractivity (Wildman–Crippen MR) is 21.4 cm³/mol. The van der Waals surface area contributed by atoms with E-state index in [1.165, 1.54) is 0 Å². The molecule has 0 N–H and O–H groups in total. The molecule has 0 saturated heterocycles. The van der Waals surface area contributed by atoms with E-state index in [4.69, 9.17) is 0 Å². The second kappa shape index (κ2) is 3.01. The number of hydrogen-bond acceptors (Lipinski definition) is 2. The fourth-order valence-electron chi connectivity index (χ4n) is 0.131. The highest BCUT2D eigenvalue weighted by Gasteiger charge is 1.90. The molecule has 0 bridgehead atoms. The Hall–Kier alpha value is -1.06. The monoisotopic (exact) mass is 120 g/mol. The van der Waals surface area contributed by atoms with Crippen LogP contribution in [-0.4, -0.2) is 12.1 Å². The quantitative estimate of drug-likeness (QED) is 0.393. The van der Waals surface area contributed by atoms with Crippen molar-refractivity contribution in [2.24, 2.45) is 0 Å². The van der Waals surface area contributed by atoms with Crippen molar-refractivity contribution in [1.82, 2.24) is 0 Å². The molecule has 0 unspecified atom stereocenters. The summed E-state index contributed by atoms with van der Waals surface area (Å²) in [6.45, 7) is 0. The Kier molecular flexibility index (Phi) is 2.61. The van der Waals surface area contributed by atoms with Crippen LogP contribution in [0.25, 0.3) is 0 Å². The van der Waals surface area contributed by atoms with Gasteiger partial charge in [-0.25, -0.2) is 0 Å². The van der Waals surface area contributed by atoms with Crippen LogP contribution in [0.3, 0.4) is 0 Å². The molecule has 0 radical (unpaired) electrons. The van der Waals surface area contributed by atoms with Crippen molar-refractivity contribution in [2.45, 2.75) is 0 Å². The number of hydrogen-bond donors (Lipinski definition) is 0. The smallest absolute Gasteiger partial charge is 0.256 e. The van der Waals surface area contributed by atoms with Gasteiger partial charge in [-0.3, -0.25) is 9.59 Å². The molecule has 8 heavy (non-hydrogen) atoms. The largest absolute Gasteiger partial charge is 0.325 e. The van der Waals surface area contributed by atoms with Gasteiger partial charge in [0.25, 0.3) is 0 Å². The maximum atomic E-state index is 11.0. The minimum Gasteiger partial charge on any atom is -0.256 e. The Bertz CT molecular complexity index is 123. The second-order valence-electron chi connectivity index (χ2n) is 0.942. The summed E-state index contributed by atoms with van der Waals surface area (Å²) in [4.78, 5) is 18.6. The summed E-state index contributed by atoms with van der Waals surface area (Å²) in [5.41, 5.74) is 0. The van der Waals surface area contributed by atoms with Gasteiger partial charge in [0.05, 0.1) is 0 Å². The van der Waals surface area contributed by atoms with Crippen LogP contribution in [0.15, 0.2) is 12.2 Å². The average molecular weight is 120 g/mol. The summed E-state index contributed by atoms with van der Waals surface area (Å²) in [5.74, 6) is 0. The van der Waals surface area contributed by atoms with Gasteiger partial charge in [-0.2, -0.15) is 8.78 Å². The summed E-state index contributed by atoms with van der Waals surface area (Å²) >= 11 is 0. The highest BCUT2D eigenvalue weighted by atomic mass is 19.1. The van der Waals surface area contributed by atoms with Gasteiger partial charge in [-0.15, -0.1) is 0 Å². The fourth-order valence-corrected chi connectivity index (χ4v) is 0.131. The summed E-state index contributed by atoms with van der Waals surface area (Å²) in [6, 6.07) is -3.67. The zero-order valence-electron chi connectivity index (χ0n) is 3.73. The van der Waals surface area contributed by atoms with Crippen LogP contribution in [0.5, 0.6) is 0 Å². The minimum absolute atomic E-state index is 0.211. The molecule has 0 aliphatic heterocycles. The van der Waals surface area contributed by atoms with Gasteiger partial charge in [-0.1, -0.05) is 0 Å². The first-order valence-corrected chi connectivity index (χ1v) is 1.70. The van der Waals surface area contributed by atoms with E-state index in [0.29, 0.717) is 0 Å². The molecular formula is C4H2F2O2. The molecule has 2 nitrogen and oxygen atoms in total. The summed E-state index contributed by atoms with van der Waals surface area (Å²) in [6.07, 6.45) is 0.421. The normalized spacial score (nSPS) is 9.75. The molecule has 0 aromatic carbocycles. The van der Waals surface area contributed by atoms with Gasteiger partial charge in [0.15, 0.2) is 0 Å². The Labute approximate surface area is 43.8 Å². The van der Waals surface area contributed by atoms with Gasteiger partial charge < -0.3 is 0 Å². The SMILES string of the molecule is O=C(F)C=CC(=O)F. The van der Waals surface area contributed by atoms with Crippen LogP contribution in [0.1, 0.15) is 0 Å². The van der Waals surface area contributed by atoms with Crippen molar-refractivity contribution in [3.63, 3.8) is 0 Å². The fraction of sp³-hybridized carbons (Fsp3) is 0. The lowest BCUT2D eigenvalue weighted by Crippen LogP contribution is -1.82. The van der Waals surface area contributed by atoms with Crippen LogP contribution >= 0.6 is 0 Å². The first kappa shape index (κ1) is 6.94. The molecule has 0 heterocycles. The van der Waals surface area contributed by atoms with E-state index in [0.717, 1.165) is 0 Å². The molecule has 0 saturated carbocycles. The van der Waals surface area contributed by atoms with Crippen molar-refractivity contribution in [2.75, 3.05) is 0 Å². The zero-order valence-corrected chi connectivity index (χ0v) is 3.73. The third-order valence-corrected chi connectivity index (χ3v) is 0.345. The lowest BCUT2D eigenvalue weighted by atomic mass is 10.5. The van der Waals surface area contributed by atoms with Crippen LogP contribution < -0.4 is 0 Å². The van der Waals surface area contributed by atoms with E-state index >= 15 is 0 Å². The van der Waals surface area contributed by atoms with Crippen molar-refractivity contribution in [3.8, 4) is 0 Å². The Balaban J connectivity index is 3.67. The van der Waals surface area contributed by atoms with E-state index in [1.807, 2.05) is 0 Å². The minimum atomic E-state index is -1.84. The summed E-state index contributed by atoms with van der Waals surface area (Å²) in [7, 11) is 0. The molecule has 0 fully saturated rings. The number of rotatable bonds is 2. The molecular weight excluding hydrogens is 118 g/mol. The molecule has 0 aromatic rings. The lowest BCUT2D eigenvalue weighted by molar-refractivity contribution is -0.126. The van der Waals surface area contributed by atoms with Gasteiger partial charge in [-0.05, 0) is 0 Å². The predicted octanol–water partition coefficient (Wildman–Crippen LogP) is 0.535. The van der Waals surface area contributed by atoms with E-state index in [1.54, 1.807) is 0 Å². The molecule has 0 aliphatic rings. The van der Waals surface area contributed by atoms with E-state index in [-0.39, 0.29) is 12.2 Å². The third kappa shape index (κ3) is 4.94. The zero-order chi connectivity index (χ0) is 6.57. The van der Waals surface area contributed by atoms with E-state index < -0.39 is 12.1 Å². The standard InChI is InChI=1S/C4H2F2O2/c5-3(7)1-2-4(6)8/h1-2H. The first-order chi connectivity index (χ1) is 3.63. The first-order valence-electron chi connectivity index (χ1n) is 1.70. The summed E-state index contributed by atoms with van der Waals surface area (Å²) < 4.78 is 22.0. The molecule has 0 aliphatic carbocycles. The second-order valence-corrected chi connectivity index (χ2v) is 0.942. The van der Waals surface area contributed by atoms with Crippen LogP contribution in [0, 0.1) is 0 Å². The van der Waals surface area contributed by atoms with E-state index in [2.05, 4.69) is 0 Å². The highest BCUT2D eigenvalue weighted by Crippen LogP contribution is 1.79. The number of carbonyl (C=O) groups is 2. The summed E-state index contributed by atoms with van der Waals surface area (Å²) in [5, 5.41) is 0.